The molecule has 0 spiro atoms. The Morgan fingerprint density at radius 1 is 1.20 bits per heavy atom. The quantitative estimate of drug-likeness (QED) is 0.626. The van der Waals surface area contributed by atoms with Gasteiger partial charge in [-0.3, -0.25) is 9.59 Å². The highest BCUT2D eigenvalue weighted by molar-refractivity contribution is 6.31. The lowest BCUT2D eigenvalue weighted by Crippen LogP contribution is -2.21. The second-order valence-corrected chi connectivity index (χ2v) is 5.84. The summed E-state index contributed by atoms with van der Waals surface area (Å²) in [6, 6.07) is 10.5. The maximum absolute atomic E-state index is 13.1. The smallest absolute Gasteiger partial charge is 0.271 e. The fraction of sp³-hybridized carbons (Fsp3) is 0.167. The summed E-state index contributed by atoms with van der Waals surface area (Å²) in [7, 11) is 0. The normalized spacial score (nSPS) is 11.1. The summed E-state index contributed by atoms with van der Waals surface area (Å²) in [6.45, 7) is 3.41. The summed E-state index contributed by atoms with van der Waals surface area (Å²) in [5, 5.41) is 7.16. The molecule has 7 heteroatoms. The van der Waals surface area contributed by atoms with Gasteiger partial charge in [-0.1, -0.05) is 23.7 Å². The van der Waals surface area contributed by atoms with Gasteiger partial charge >= 0.3 is 0 Å². The highest BCUT2D eigenvalue weighted by atomic mass is 35.5. The topological polar surface area (TPSA) is 70.6 Å². The average Bonchev–Trinajstić information content (AvgIpc) is 2.56. The second-order valence-electron chi connectivity index (χ2n) is 5.44. The summed E-state index contributed by atoms with van der Waals surface area (Å²) in [4.78, 5) is 23.9. The van der Waals surface area contributed by atoms with E-state index in [4.69, 9.17) is 11.6 Å². The number of halogens is 2. The first kappa shape index (κ1) is 18.6. The largest absolute Gasteiger partial charge is 0.325 e. The minimum atomic E-state index is -0.551. The molecule has 0 heterocycles. The Bertz CT molecular complexity index is 837. The number of nitrogens with zero attached hydrogens (tertiary/aromatic N) is 1. The Hall–Kier alpha value is -2.73. The van der Waals surface area contributed by atoms with Crippen molar-refractivity contribution in [2.45, 2.75) is 20.3 Å². The number of carbonyl (C=O) groups is 2. The molecule has 2 amide bonds. The number of hydrazone groups is 1. The van der Waals surface area contributed by atoms with Crippen LogP contribution in [0.25, 0.3) is 0 Å². The van der Waals surface area contributed by atoms with Crippen LogP contribution in [0.2, 0.25) is 5.02 Å². The van der Waals surface area contributed by atoms with Crippen molar-refractivity contribution in [1.82, 2.24) is 5.43 Å². The minimum Gasteiger partial charge on any atom is -0.325 e. The van der Waals surface area contributed by atoms with Gasteiger partial charge in [0.25, 0.3) is 5.91 Å². The number of rotatable bonds is 5. The molecular weight excluding hydrogens is 345 g/mol. The lowest BCUT2D eigenvalue weighted by Gasteiger charge is -2.09. The minimum absolute atomic E-state index is 0.00458. The van der Waals surface area contributed by atoms with E-state index in [1.165, 1.54) is 18.2 Å². The van der Waals surface area contributed by atoms with Gasteiger partial charge in [-0.2, -0.15) is 5.10 Å². The molecule has 2 aromatic rings. The zero-order valence-corrected chi connectivity index (χ0v) is 14.5. The number of benzene rings is 2. The first-order chi connectivity index (χ1) is 11.9. The second kappa shape index (κ2) is 8.39. The van der Waals surface area contributed by atoms with Gasteiger partial charge < -0.3 is 5.32 Å². The van der Waals surface area contributed by atoms with Gasteiger partial charge in [-0.25, -0.2) is 9.82 Å². The Morgan fingerprint density at radius 3 is 2.64 bits per heavy atom. The molecule has 0 aliphatic rings. The summed E-state index contributed by atoms with van der Waals surface area (Å²) >= 11 is 6.01. The van der Waals surface area contributed by atoms with E-state index in [0.29, 0.717) is 16.4 Å². The van der Waals surface area contributed by atoms with Gasteiger partial charge in [-0.15, -0.1) is 0 Å². The van der Waals surface area contributed by atoms with E-state index in [0.717, 1.165) is 11.6 Å². The van der Waals surface area contributed by atoms with E-state index in [-0.39, 0.29) is 17.9 Å². The van der Waals surface area contributed by atoms with Crippen LogP contribution >= 0.6 is 11.6 Å². The van der Waals surface area contributed by atoms with Crippen LogP contribution in [0.15, 0.2) is 47.6 Å². The number of hydrogen-bond acceptors (Lipinski definition) is 3. The zero-order valence-electron chi connectivity index (χ0n) is 13.8. The standard InChI is InChI=1S/C18H17ClFN3O2/c1-11(22-23-18(25)13-5-3-6-14(20)10-13)9-17(24)21-16-8-4-7-15(19)12(16)2/h3-8,10H,9H2,1-2H3,(H,21,24)(H,23,25)/b22-11+. The van der Waals surface area contributed by atoms with Crippen LogP contribution in [0, 0.1) is 12.7 Å². The van der Waals surface area contributed by atoms with Crippen molar-refractivity contribution in [3.05, 3.63) is 64.4 Å². The van der Waals surface area contributed by atoms with Crippen molar-refractivity contribution >= 4 is 34.8 Å². The predicted molar refractivity (Wildman–Crippen MR) is 96.4 cm³/mol. The molecule has 2 aromatic carbocycles. The first-order valence-corrected chi connectivity index (χ1v) is 7.88. The van der Waals surface area contributed by atoms with Crippen molar-refractivity contribution in [1.29, 1.82) is 0 Å². The Balaban J connectivity index is 1.93. The number of amides is 2. The Kier molecular flexibility index (Phi) is 6.25. The zero-order chi connectivity index (χ0) is 18.4. The maximum Gasteiger partial charge on any atom is 0.271 e. The summed E-state index contributed by atoms with van der Waals surface area (Å²) in [5.41, 5.74) is 4.24. The first-order valence-electron chi connectivity index (χ1n) is 7.51. The van der Waals surface area contributed by atoms with E-state index < -0.39 is 11.7 Å². The number of nitrogens with one attached hydrogen (secondary N) is 2. The van der Waals surface area contributed by atoms with Gasteiger partial charge in [0.1, 0.15) is 5.82 Å². The van der Waals surface area contributed by atoms with E-state index >= 15 is 0 Å². The van der Waals surface area contributed by atoms with E-state index in [1.54, 1.807) is 32.0 Å². The van der Waals surface area contributed by atoms with Crippen LogP contribution in [-0.4, -0.2) is 17.5 Å². The number of anilines is 1. The van der Waals surface area contributed by atoms with Crippen LogP contribution in [0.1, 0.15) is 29.3 Å². The van der Waals surface area contributed by atoms with Crippen molar-refractivity contribution in [2.75, 3.05) is 5.32 Å². The summed E-state index contributed by atoms with van der Waals surface area (Å²) < 4.78 is 13.1. The number of hydrogen-bond donors (Lipinski definition) is 2. The molecule has 0 bridgehead atoms. The SMILES string of the molecule is C/C(CC(=O)Nc1cccc(Cl)c1C)=N\NC(=O)c1cccc(F)c1. The summed E-state index contributed by atoms with van der Waals surface area (Å²) in [5.74, 6) is -1.35. The molecular formula is C18H17ClFN3O2. The van der Waals surface area contributed by atoms with Crippen LogP contribution in [0.4, 0.5) is 10.1 Å². The van der Waals surface area contributed by atoms with E-state index in [9.17, 15) is 14.0 Å². The molecule has 0 saturated heterocycles. The summed E-state index contributed by atoms with van der Waals surface area (Å²) in [6.07, 6.45) is -0.00458. The molecule has 0 fully saturated rings. The van der Waals surface area contributed by atoms with E-state index in [1.807, 2.05) is 0 Å². The Morgan fingerprint density at radius 2 is 1.92 bits per heavy atom. The molecule has 2 rings (SSSR count). The molecule has 0 radical (unpaired) electrons. The molecule has 0 unspecified atom stereocenters. The molecule has 5 nitrogen and oxygen atoms in total. The molecule has 130 valence electrons. The van der Waals surface area contributed by atoms with Gasteiger partial charge in [0.05, 0.1) is 6.42 Å². The third-order valence-corrected chi connectivity index (χ3v) is 3.80. The van der Waals surface area contributed by atoms with Crippen molar-refractivity contribution in [2.24, 2.45) is 5.10 Å². The third-order valence-electron chi connectivity index (χ3n) is 3.39. The third kappa shape index (κ3) is 5.39. The number of carbonyl (C=O) groups excluding carboxylic acids is 2. The van der Waals surface area contributed by atoms with E-state index in [2.05, 4.69) is 15.8 Å². The molecule has 0 aliphatic carbocycles. The Labute approximate surface area is 149 Å². The van der Waals surface area contributed by atoms with Crippen molar-refractivity contribution in [3.8, 4) is 0 Å². The predicted octanol–water partition coefficient (Wildman–Crippen LogP) is 3.92. The monoisotopic (exact) mass is 361 g/mol. The fourth-order valence-electron chi connectivity index (χ4n) is 2.05. The van der Waals surface area contributed by atoms with Crippen molar-refractivity contribution < 1.29 is 14.0 Å². The van der Waals surface area contributed by atoms with Gasteiger partial charge in [-0.05, 0) is 49.7 Å². The highest BCUT2D eigenvalue weighted by Gasteiger charge is 2.09. The molecule has 0 aromatic heterocycles. The van der Waals surface area contributed by atoms with Gasteiger partial charge in [0.2, 0.25) is 5.91 Å². The van der Waals surface area contributed by atoms with Crippen LogP contribution in [-0.2, 0) is 4.79 Å². The van der Waals surface area contributed by atoms with Crippen molar-refractivity contribution in [3.63, 3.8) is 0 Å². The molecule has 2 N–H and O–H groups in total. The van der Waals surface area contributed by atoms with Gasteiger partial charge in [0.15, 0.2) is 0 Å². The van der Waals surface area contributed by atoms with Crippen LogP contribution < -0.4 is 10.7 Å². The molecule has 25 heavy (non-hydrogen) atoms. The fourth-order valence-corrected chi connectivity index (χ4v) is 2.22. The van der Waals surface area contributed by atoms with Crippen LogP contribution in [0.5, 0.6) is 0 Å². The van der Waals surface area contributed by atoms with Gasteiger partial charge in [0, 0.05) is 22.0 Å². The average molecular weight is 362 g/mol. The van der Waals surface area contributed by atoms with Crippen LogP contribution in [0.3, 0.4) is 0 Å². The molecule has 0 aliphatic heterocycles. The molecule has 0 atom stereocenters. The maximum atomic E-state index is 13.1. The lowest BCUT2D eigenvalue weighted by molar-refractivity contribution is -0.115. The lowest BCUT2D eigenvalue weighted by atomic mass is 10.2. The molecule has 0 saturated carbocycles. The highest BCUT2D eigenvalue weighted by Crippen LogP contribution is 2.22.